The third-order valence-corrected chi connectivity index (χ3v) is 4.35. The van der Waals surface area contributed by atoms with Crippen LogP contribution < -0.4 is 5.32 Å². The smallest absolute Gasteiger partial charge is 0.341 e. The molecule has 2 aromatic rings. The van der Waals surface area contributed by atoms with Gasteiger partial charge in [-0.3, -0.25) is 9.59 Å². The maximum absolute atomic E-state index is 12.4. The van der Waals surface area contributed by atoms with Crippen LogP contribution in [0.2, 0.25) is 0 Å². The Labute approximate surface area is 149 Å². The molecule has 1 heterocycles. The number of carbonyl (C=O) groups excluding carboxylic acids is 2. The van der Waals surface area contributed by atoms with E-state index in [0.29, 0.717) is 16.1 Å². The summed E-state index contributed by atoms with van der Waals surface area (Å²) in [5.41, 5.74) is 2.91. The summed E-state index contributed by atoms with van der Waals surface area (Å²) >= 11 is 1.21. The number of carboxylic acids is 1. The average Bonchev–Trinajstić information content (AvgIpc) is 2.97. The monoisotopic (exact) mass is 361 g/mol. The topological polar surface area (TPSA) is 92.7 Å². The van der Waals surface area contributed by atoms with Crippen molar-refractivity contribution in [1.29, 1.82) is 0 Å². The molecule has 2 rings (SSSR count). The number of rotatable bonds is 7. The number of anilines is 1. The number of aliphatic carboxylic acids is 1. The fourth-order valence-electron chi connectivity index (χ4n) is 2.21. The molecule has 0 radical (unpaired) electrons. The highest BCUT2D eigenvalue weighted by Crippen LogP contribution is 2.36. The lowest BCUT2D eigenvalue weighted by atomic mass is 10.0. The third-order valence-electron chi connectivity index (χ3n) is 3.45. The lowest BCUT2D eigenvalue weighted by Crippen LogP contribution is -2.15. The Kier molecular flexibility index (Phi) is 6.30. The molecule has 7 heteroatoms. The number of benzene rings is 1. The third kappa shape index (κ3) is 4.90. The second-order valence-corrected chi connectivity index (χ2v) is 6.26. The van der Waals surface area contributed by atoms with Crippen molar-refractivity contribution in [2.45, 2.75) is 26.7 Å². The van der Waals surface area contributed by atoms with Gasteiger partial charge in [0, 0.05) is 17.4 Å². The van der Waals surface area contributed by atoms with Gasteiger partial charge in [-0.1, -0.05) is 29.8 Å². The minimum absolute atomic E-state index is 0.157. The highest BCUT2D eigenvalue weighted by Gasteiger charge is 2.22. The van der Waals surface area contributed by atoms with E-state index in [9.17, 15) is 14.4 Å². The summed E-state index contributed by atoms with van der Waals surface area (Å²) in [6.07, 6.45) is -0.424. The summed E-state index contributed by atoms with van der Waals surface area (Å²) in [5.74, 6) is -2.02. The first-order chi connectivity index (χ1) is 11.9. The molecule has 0 atom stereocenters. The lowest BCUT2D eigenvalue weighted by Gasteiger charge is -2.09. The van der Waals surface area contributed by atoms with E-state index >= 15 is 0 Å². The Morgan fingerprint density at radius 2 is 1.84 bits per heavy atom. The molecule has 2 N–H and O–H groups in total. The minimum atomic E-state index is -1.05. The van der Waals surface area contributed by atoms with Gasteiger partial charge in [-0.2, -0.15) is 0 Å². The van der Waals surface area contributed by atoms with Crippen LogP contribution in [0.15, 0.2) is 29.6 Å². The molecule has 0 saturated heterocycles. The molecule has 132 valence electrons. The van der Waals surface area contributed by atoms with E-state index < -0.39 is 17.8 Å². The molecule has 0 fully saturated rings. The van der Waals surface area contributed by atoms with Crippen LogP contribution in [0.25, 0.3) is 11.1 Å². The fourth-order valence-corrected chi connectivity index (χ4v) is 3.18. The quantitative estimate of drug-likeness (QED) is 0.734. The molecular weight excluding hydrogens is 342 g/mol. The molecule has 0 saturated carbocycles. The predicted octanol–water partition coefficient (Wildman–Crippen LogP) is 3.70. The number of esters is 1. The van der Waals surface area contributed by atoms with Gasteiger partial charge in [-0.25, -0.2) is 4.79 Å². The molecule has 1 amide bonds. The van der Waals surface area contributed by atoms with Gasteiger partial charge < -0.3 is 15.2 Å². The van der Waals surface area contributed by atoms with Crippen molar-refractivity contribution in [3.8, 4) is 11.1 Å². The number of ether oxygens (including phenoxy) is 1. The van der Waals surface area contributed by atoms with Gasteiger partial charge in [0.05, 0.1) is 13.0 Å². The van der Waals surface area contributed by atoms with Crippen LogP contribution in [-0.4, -0.2) is 29.6 Å². The normalized spacial score (nSPS) is 10.3. The van der Waals surface area contributed by atoms with Crippen molar-refractivity contribution < 1.29 is 24.2 Å². The van der Waals surface area contributed by atoms with Crippen LogP contribution in [0.4, 0.5) is 5.00 Å². The van der Waals surface area contributed by atoms with E-state index in [1.54, 1.807) is 12.3 Å². The lowest BCUT2D eigenvalue weighted by molar-refractivity contribution is -0.138. The van der Waals surface area contributed by atoms with Crippen LogP contribution in [0, 0.1) is 6.92 Å². The Morgan fingerprint density at radius 3 is 2.44 bits per heavy atom. The number of hydrogen-bond acceptors (Lipinski definition) is 5. The number of carbonyl (C=O) groups is 3. The van der Waals surface area contributed by atoms with Gasteiger partial charge in [0.1, 0.15) is 10.6 Å². The number of amides is 1. The number of hydrogen-bond donors (Lipinski definition) is 2. The molecule has 0 unspecified atom stereocenters. The van der Waals surface area contributed by atoms with E-state index in [4.69, 9.17) is 9.84 Å². The van der Waals surface area contributed by atoms with Crippen molar-refractivity contribution in [1.82, 2.24) is 0 Å². The first kappa shape index (κ1) is 18.7. The highest BCUT2D eigenvalue weighted by molar-refractivity contribution is 7.15. The van der Waals surface area contributed by atoms with Crippen LogP contribution >= 0.6 is 11.3 Å². The molecule has 25 heavy (non-hydrogen) atoms. The van der Waals surface area contributed by atoms with Crippen LogP contribution in [0.5, 0.6) is 0 Å². The molecule has 6 nitrogen and oxygen atoms in total. The SMILES string of the molecule is CCOC(=O)c1c(-c2ccc(C)cc2)csc1NC(=O)CCC(=O)O. The van der Waals surface area contributed by atoms with Gasteiger partial charge >= 0.3 is 11.9 Å². The predicted molar refractivity (Wildman–Crippen MR) is 95.9 cm³/mol. The summed E-state index contributed by atoms with van der Waals surface area (Å²) in [5, 5.41) is 13.4. The summed E-state index contributed by atoms with van der Waals surface area (Å²) in [6, 6.07) is 7.67. The van der Waals surface area contributed by atoms with Gasteiger partial charge in [0.2, 0.25) is 5.91 Å². The largest absolute Gasteiger partial charge is 0.481 e. The number of thiophene rings is 1. The molecule has 0 spiro atoms. The summed E-state index contributed by atoms with van der Waals surface area (Å²) in [7, 11) is 0. The summed E-state index contributed by atoms with van der Waals surface area (Å²) in [4.78, 5) is 34.9. The Morgan fingerprint density at radius 1 is 1.16 bits per heavy atom. The zero-order valence-electron chi connectivity index (χ0n) is 14.0. The molecule has 0 aliphatic carbocycles. The molecular formula is C18H19NO5S. The van der Waals surface area contributed by atoms with Crippen LogP contribution in [-0.2, 0) is 14.3 Å². The van der Waals surface area contributed by atoms with Crippen molar-refractivity contribution in [2.75, 3.05) is 11.9 Å². The summed E-state index contributed by atoms with van der Waals surface area (Å²) < 4.78 is 5.11. The maximum Gasteiger partial charge on any atom is 0.341 e. The Balaban J connectivity index is 2.33. The Hall–Kier alpha value is -2.67. The highest BCUT2D eigenvalue weighted by atomic mass is 32.1. The number of carboxylic acid groups (broad SMARTS) is 1. The van der Waals surface area contributed by atoms with Crippen molar-refractivity contribution in [3.63, 3.8) is 0 Å². The number of aryl methyl sites for hydroxylation is 1. The first-order valence-corrected chi connectivity index (χ1v) is 8.67. The van der Waals surface area contributed by atoms with Gasteiger partial charge in [-0.15, -0.1) is 11.3 Å². The number of nitrogens with one attached hydrogen (secondary N) is 1. The molecule has 0 aliphatic heterocycles. The second kappa shape index (κ2) is 8.43. The maximum atomic E-state index is 12.4. The van der Waals surface area contributed by atoms with Gasteiger partial charge in [-0.05, 0) is 19.4 Å². The zero-order valence-corrected chi connectivity index (χ0v) is 14.8. The fraction of sp³-hybridized carbons (Fsp3) is 0.278. The molecule has 1 aromatic heterocycles. The van der Waals surface area contributed by atoms with E-state index in [2.05, 4.69) is 5.32 Å². The molecule has 0 aliphatic rings. The van der Waals surface area contributed by atoms with Crippen LogP contribution in [0.3, 0.4) is 0 Å². The van der Waals surface area contributed by atoms with E-state index in [1.165, 1.54) is 11.3 Å². The first-order valence-electron chi connectivity index (χ1n) is 7.79. The van der Waals surface area contributed by atoms with Crippen molar-refractivity contribution in [3.05, 3.63) is 40.8 Å². The summed E-state index contributed by atoms with van der Waals surface area (Å²) in [6.45, 7) is 3.90. The van der Waals surface area contributed by atoms with Gasteiger partial charge in [0.15, 0.2) is 0 Å². The van der Waals surface area contributed by atoms with E-state index in [1.807, 2.05) is 31.2 Å². The van der Waals surface area contributed by atoms with Gasteiger partial charge in [0.25, 0.3) is 0 Å². The zero-order chi connectivity index (χ0) is 18.4. The van der Waals surface area contributed by atoms with Crippen molar-refractivity contribution >= 4 is 34.2 Å². The molecule has 1 aromatic carbocycles. The molecule has 0 bridgehead atoms. The Bertz CT molecular complexity index is 779. The van der Waals surface area contributed by atoms with Crippen molar-refractivity contribution in [2.24, 2.45) is 0 Å². The minimum Gasteiger partial charge on any atom is -0.481 e. The average molecular weight is 361 g/mol. The van der Waals surface area contributed by atoms with E-state index in [0.717, 1.165) is 11.1 Å². The van der Waals surface area contributed by atoms with E-state index in [-0.39, 0.29) is 19.4 Å². The second-order valence-electron chi connectivity index (χ2n) is 5.38. The standard InChI is InChI=1S/C18H19NO5S/c1-3-24-18(23)16-13(12-6-4-11(2)5-7-12)10-25-17(16)19-14(20)8-9-15(21)22/h4-7,10H,3,8-9H2,1-2H3,(H,19,20)(H,21,22). The van der Waals surface area contributed by atoms with Crippen LogP contribution in [0.1, 0.15) is 35.7 Å².